The predicted octanol–water partition coefficient (Wildman–Crippen LogP) is 12.5. The second-order valence-electron chi connectivity index (χ2n) is 24.0. The third-order valence-electron chi connectivity index (χ3n) is 14.4. The second kappa shape index (κ2) is 28.4. The van der Waals surface area contributed by atoms with Crippen molar-refractivity contribution in [3.8, 4) is 57.2 Å². The number of halogens is 3. The lowest BCUT2D eigenvalue weighted by Crippen LogP contribution is -2.47. The number of ether oxygens (including phenoxy) is 8. The third kappa shape index (κ3) is 16.5. The predicted molar refractivity (Wildman–Crippen MR) is 341 cm³/mol. The smallest absolute Gasteiger partial charge is 0.413 e. The van der Waals surface area contributed by atoms with Crippen LogP contribution in [0, 0.1) is 0 Å². The fourth-order valence-corrected chi connectivity index (χ4v) is 10.6. The summed E-state index contributed by atoms with van der Waals surface area (Å²) in [5.74, 6) is 4.36. The number of H-pyrrole nitrogens is 1. The average molecular weight is 1300 g/mol. The molecular weight excluding hydrogens is 1220 g/mol. The van der Waals surface area contributed by atoms with Crippen molar-refractivity contribution in [1.82, 2.24) is 54.5 Å². The van der Waals surface area contributed by atoms with E-state index in [4.69, 9.17) is 78.4 Å². The number of hydrogen-bond acceptors (Lipinski definition) is 18. The molecule has 3 atom stereocenters. The number of aliphatic hydroxyl groups is 1. The number of methoxy groups -OCH3 is 4. The van der Waals surface area contributed by atoms with Crippen LogP contribution >= 0.6 is 34.8 Å². The van der Waals surface area contributed by atoms with Gasteiger partial charge >= 0.3 is 12.2 Å². The quantitative estimate of drug-likeness (QED) is 0.0861. The number of carbonyl (C=O) groups excluding carboxylic acids is 2. The molecule has 0 unspecified atom stereocenters. The lowest BCUT2D eigenvalue weighted by molar-refractivity contribution is -0.0637. The van der Waals surface area contributed by atoms with E-state index >= 15 is 0 Å². The summed E-state index contributed by atoms with van der Waals surface area (Å²) >= 11 is 19.2. The van der Waals surface area contributed by atoms with Crippen molar-refractivity contribution in [3.05, 3.63) is 153 Å². The van der Waals surface area contributed by atoms with Crippen LogP contribution in [-0.2, 0) is 32.0 Å². The first-order valence-electron chi connectivity index (χ1n) is 28.7. The highest BCUT2D eigenvalue weighted by Gasteiger charge is 2.48. The molecule has 480 valence electrons. The van der Waals surface area contributed by atoms with Gasteiger partial charge in [0, 0.05) is 39.9 Å². The van der Waals surface area contributed by atoms with Crippen molar-refractivity contribution in [2.75, 3.05) is 48.3 Å². The molecule has 8 aromatic rings. The minimum absolute atomic E-state index is 0.153. The highest BCUT2D eigenvalue weighted by molar-refractivity contribution is 6.34. The Morgan fingerprint density at radius 2 is 1.06 bits per heavy atom. The maximum absolute atomic E-state index is 13.1. The van der Waals surface area contributed by atoms with Gasteiger partial charge in [-0.05, 0) is 147 Å². The lowest BCUT2D eigenvalue weighted by atomic mass is 10.0. The van der Waals surface area contributed by atoms with E-state index in [1.165, 1.54) is 6.33 Å². The fourth-order valence-electron chi connectivity index (χ4n) is 9.95. The van der Waals surface area contributed by atoms with E-state index < -0.39 is 40.9 Å². The van der Waals surface area contributed by atoms with Gasteiger partial charge in [-0.2, -0.15) is 15.3 Å². The number of rotatable bonds is 15. The molecule has 5 heterocycles. The van der Waals surface area contributed by atoms with Crippen LogP contribution in [0.3, 0.4) is 0 Å². The van der Waals surface area contributed by atoms with E-state index in [-0.39, 0.29) is 18.7 Å². The van der Waals surface area contributed by atoms with Crippen LogP contribution in [0.1, 0.15) is 115 Å². The molecule has 90 heavy (non-hydrogen) atoms. The molecule has 26 heteroatoms. The van der Waals surface area contributed by atoms with Gasteiger partial charge in [-0.1, -0.05) is 53.0 Å². The molecule has 23 nitrogen and oxygen atoms in total. The first-order chi connectivity index (χ1) is 42.5. The molecule has 0 radical (unpaired) electrons. The second-order valence-corrected chi connectivity index (χ2v) is 25.2. The third-order valence-corrected chi connectivity index (χ3v) is 15.4. The number of aliphatic hydroxyl groups excluding tert-OH is 1. The molecule has 3 aromatic heterocycles. The highest BCUT2D eigenvalue weighted by atomic mass is 35.5. The van der Waals surface area contributed by atoms with Gasteiger partial charge in [0.2, 0.25) is 0 Å². The summed E-state index contributed by atoms with van der Waals surface area (Å²) in [5, 5.41) is 26.7. The Bertz CT molecular complexity index is 3770. The van der Waals surface area contributed by atoms with E-state index in [9.17, 15) is 14.7 Å². The van der Waals surface area contributed by atoms with Crippen molar-refractivity contribution in [2.45, 2.75) is 123 Å². The molecular formula is C64H77Cl3N12O11. The summed E-state index contributed by atoms with van der Waals surface area (Å²) in [6.45, 7) is 19.9. The molecule has 2 aliphatic rings. The zero-order valence-corrected chi connectivity index (χ0v) is 55.1. The molecule has 2 aliphatic heterocycles. The number of aromatic amines is 1. The monoisotopic (exact) mass is 1290 g/mol. The number of carbonyl (C=O) groups is 2. The van der Waals surface area contributed by atoms with Crippen LogP contribution in [-0.4, -0.2) is 143 Å². The Labute approximate surface area is 538 Å². The van der Waals surface area contributed by atoms with Gasteiger partial charge in [-0.3, -0.25) is 14.9 Å². The summed E-state index contributed by atoms with van der Waals surface area (Å²) < 4.78 is 48.0. The molecule has 0 saturated carbocycles. The Balaban J connectivity index is 0.000000178. The summed E-state index contributed by atoms with van der Waals surface area (Å²) in [6, 6.07) is 26.6. The fraction of sp³-hybridized carbons (Fsp3) is 0.406. The molecule has 2 saturated heterocycles. The summed E-state index contributed by atoms with van der Waals surface area (Å²) in [5.41, 5.74) is 9.48. The SMILES string of the molecule is CC(C)(C)OC(=O)N1[C@@H](c2ccc(Cl)c(-c3ncn[nH]3)c2)COC1(C)C.COc1ccc(Cn2cnc(-c3cc([C@H](N)CO)ccc3Cl)n2)c(OC)c1.COc1ccc(Cn2cnc(-c3cc([C@H]4COC(C)(C)N4C(=O)OC(C)(C)C)ccc3Cl)n2)c(OC)c1. The van der Waals surface area contributed by atoms with Gasteiger partial charge in [0.1, 0.15) is 64.6 Å². The Morgan fingerprint density at radius 1 is 0.622 bits per heavy atom. The lowest BCUT2D eigenvalue weighted by Gasteiger charge is -2.35. The average Bonchev–Trinajstić information content (AvgIpc) is 1.64. The molecule has 0 aliphatic carbocycles. The van der Waals surface area contributed by atoms with Crippen LogP contribution in [0.5, 0.6) is 23.0 Å². The summed E-state index contributed by atoms with van der Waals surface area (Å²) in [7, 11) is 6.45. The molecule has 10 rings (SSSR count). The Kier molecular flexibility index (Phi) is 21.4. The van der Waals surface area contributed by atoms with Crippen LogP contribution in [0.4, 0.5) is 9.59 Å². The maximum Gasteiger partial charge on any atom is 0.413 e. The molecule has 4 N–H and O–H groups in total. The van der Waals surface area contributed by atoms with Crippen molar-refractivity contribution in [2.24, 2.45) is 5.73 Å². The molecule has 0 spiro atoms. The molecule has 2 fully saturated rings. The minimum atomic E-state index is -0.829. The first-order valence-corrected chi connectivity index (χ1v) is 29.8. The van der Waals surface area contributed by atoms with Gasteiger partial charge in [0.15, 0.2) is 17.5 Å². The Morgan fingerprint density at radius 3 is 1.47 bits per heavy atom. The van der Waals surface area contributed by atoms with Gasteiger partial charge in [-0.15, -0.1) is 0 Å². The number of nitrogens with one attached hydrogen (secondary N) is 1. The maximum atomic E-state index is 13.1. The van der Waals surface area contributed by atoms with Gasteiger partial charge in [0.05, 0.1) is 94.5 Å². The van der Waals surface area contributed by atoms with Crippen LogP contribution < -0.4 is 24.7 Å². The van der Waals surface area contributed by atoms with Gasteiger partial charge < -0.3 is 48.7 Å². The number of amides is 2. The van der Waals surface area contributed by atoms with Gasteiger partial charge in [0.25, 0.3) is 0 Å². The van der Waals surface area contributed by atoms with Crippen LogP contribution in [0.2, 0.25) is 15.1 Å². The highest BCUT2D eigenvalue weighted by Crippen LogP contribution is 2.42. The van der Waals surface area contributed by atoms with E-state index in [2.05, 4.69) is 35.3 Å². The largest absolute Gasteiger partial charge is 0.497 e. The normalized spacial score (nSPS) is 16.3. The first kappa shape index (κ1) is 67.9. The van der Waals surface area contributed by atoms with Crippen LogP contribution in [0.25, 0.3) is 34.2 Å². The molecule has 2 amide bonds. The van der Waals surface area contributed by atoms with Crippen molar-refractivity contribution in [1.29, 1.82) is 0 Å². The number of hydrogen-bond donors (Lipinski definition) is 3. The molecule has 0 bridgehead atoms. The Hall–Kier alpha value is -8.03. The number of nitrogens with two attached hydrogens (primary N) is 1. The topological polar surface area (TPSA) is 264 Å². The number of aromatic nitrogens is 9. The number of nitrogens with zero attached hydrogens (tertiary/aromatic N) is 10. The molecule has 5 aromatic carbocycles. The van der Waals surface area contributed by atoms with Crippen molar-refractivity contribution >= 4 is 47.0 Å². The van der Waals surface area contributed by atoms with Crippen LogP contribution in [0.15, 0.2) is 110 Å². The summed E-state index contributed by atoms with van der Waals surface area (Å²) in [6.07, 6.45) is 3.85. The van der Waals surface area contributed by atoms with Crippen molar-refractivity contribution < 1.29 is 52.6 Å². The standard InChI is InChI=1S/C27H33ClN4O5.C19H21ClN4O3.C18H23ClN4O3/c1-26(2,3)37-25(33)32-22(15-36-27(32,4)5)17-9-11-21(28)20(12-17)24-29-16-31(30-24)14-18-8-10-19(34-6)13-23(18)35-7;1-26-14-5-3-13(18(8-14)27-2)9-24-11-22-19(23-24)15-7-12(17(21)10-25)4-6-16(15)20;1-17(2,3)26-16(24)23-14(9-25-18(23,4)5)11-6-7-13(19)12(8-11)15-20-10-21-22-15/h8-13,16,22H,14-15H2,1-7H3;3-8,11,17,25H,9-10,21H2,1-2H3;6-8,10,14H,9H2,1-5H3,(H,20,21,22)/t22-;17-;14-/m111/s1. The zero-order valence-electron chi connectivity index (χ0n) is 52.9. The minimum Gasteiger partial charge on any atom is -0.497 e. The van der Waals surface area contributed by atoms with Crippen molar-refractivity contribution in [3.63, 3.8) is 0 Å². The van der Waals surface area contributed by atoms with E-state index in [1.54, 1.807) is 90.6 Å². The van der Waals surface area contributed by atoms with Gasteiger partial charge in [-0.25, -0.2) is 33.9 Å². The van der Waals surface area contributed by atoms with E-state index in [1.807, 2.05) is 130 Å². The van der Waals surface area contributed by atoms with E-state index in [0.29, 0.717) is 87.2 Å². The summed E-state index contributed by atoms with van der Waals surface area (Å²) in [4.78, 5) is 42.2. The zero-order chi connectivity index (χ0) is 65.5. The number of benzene rings is 5. The van der Waals surface area contributed by atoms with E-state index in [0.717, 1.165) is 39.1 Å².